The van der Waals surface area contributed by atoms with Crippen LogP contribution in [-0.4, -0.2) is 20.2 Å². The highest BCUT2D eigenvalue weighted by Gasteiger charge is 2.23. The zero-order valence-electron chi connectivity index (χ0n) is 13.5. The Bertz CT molecular complexity index is 962. The predicted molar refractivity (Wildman–Crippen MR) is 92.0 cm³/mol. The van der Waals surface area contributed by atoms with Gasteiger partial charge in [-0.25, -0.2) is 4.68 Å². The molecule has 1 atom stereocenters. The molecule has 0 amide bonds. The van der Waals surface area contributed by atoms with Gasteiger partial charge < -0.3 is 0 Å². The van der Waals surface area contributed by atoms with Gasteiger partial charge in [-0.1, -0.05) is 59.7 Å². The third-order valence-electron chi connectivity index (χ3n) is 4.52. The number of hydrogen-bond donors (Lipinski definition) is 0. The van der Waals surface area contributed by atoms with Crippen LogP contribution in [0.15, 0.2) is 59.7 Å². The van der Waals surface area contributed by atoms with Crippen LogP contribution >= 0.6 is 0 Å². The summed E-state index contributed by atoms with van der Waals surface area (Å²) in [5, 5.41) is 14.5. The molecule has 4 heteroatoms. The molecule has 0 radical (unpaired) electrons. The normalized spacial score (nSPS) is 17.4. The molecule has 0 aliphatic heterocycles. The van der Waals surface area contributed by atoms with Crippen LogP contribution in [0.5, 0.6) is 0 Å². The summed E-state index contributed by atoms with van der Waals surface area (Å²) in [6.07, 6.45) is 4.56. The van der Waals surface area contributed by atoms with E-state index in [2.05, 4.69) is 77.9 Å². The van der Waals surface area contributed by atoms with Gasteiger partial charge in [0.05, 0.1) is 0 Å². The number of aryl methyl sites for hydroxylation is 1. The second-order valence-corrected chi connectivity index (χ2v) is 6.15. The fourth-order valence-corrected chi connectivity index (χ4v) is 3.46. The number of nitrogens with zero attached hydrogens (tertiary/aromatic N) is 4. The van der Waals surface area contributed by atoms with Crippen LogP contribution < -0.4 is 0 Å². The second-order valence-electron chi connectivity index (χ2n) is 6.15. The van der Waals surface area contributed by atoms with Crippen LogP contribution in [0.3, 0.4) is 0 Å². The molecule has 23 heavy (non-hydrogen) atoms. The Labute approximate surface area is 135 Å². The Balaban J connectivity index is 2.06. The summed E-state index contributed by atoms with van der Waals surface area (Å²) in [5.74, 6) is 1.09. The zero-order valence-corrected chi connectivity index (χ0v) is 13.5. The lowest BCUT2D eigenvalue weighted by atomic mass is 9.87. The highest BCUT2D eigenvalue weighted by Crippen LogP contribution is 2.40. The van der Waals surface area contributed by atoms with Crippen molar-refractivity contribution in [3.63, 3.8) is 0 Å². The molecule has 0 saturated heterocycles. The molecule has 0 N–H and O–H groups in total. The minimum Gasteiger partial charge on any atom is -0.229 e. The first kappa shape index (κ1) is 13.9. The average molecular weight is 302 g/mol. The van der Waals surface area contributed by atoms with Crippen LogP contribution in [0.1, 0.15) is 25.3 Å². The van der Waals surface area contributed by atoms with Crippen molar-refractivity contribution in [3.8, 4) is 11.4 Å². The maximum absolute atomic E-state index is 4.27. The van der Waals surface area contributed by atoms with Gasteiger partial charge in [-0.05, 0) is 40.6 Å². The van der Waals surface area contributed by atoms with Crippen molar-refractivity contribution in [1.82, 2.24) is 20.2 Å². The maximum atomic E-state index is 4.27. The topological polar surface area (TPSA) is 43.6 Å². The van der Waals surface area contributed by atoms with Crippen LogP contribution in [-0.2, 0) is 7.05 Å². The van der Waals surface area contributed by atoms with Crippen LogP contribution in [0.4, 0.5) is 0 Å². The van der Waals surface area contributed by atoms with Crippen LogP contribution in [0, 0.1) is 0 Å². The van der Waals surface area contributed by atoms with Gasteiger partial charge >= 0.3 is 0 Å². The molecule has 4 rings (SSSR count). The van der Waals surface area contributed by atoms with E-state index in [4.69, 9.17) is 0 Å². The summed E-state index contributed by atoms with van der Waals surface area (Å²) in [4.78, 5) is 0. The van der Waals surface area contributed by atoms with Gasteiger partial charge in [0.15, 0.2) is 5.82 Å². The molecule has 0 bridgehead atoms. The minimum absolute atomic E-state index is 0.284. The molecule has 1 aliphatic carbocycles. The molecule has 0 fully saturated rings. The quantitative estimate of drug-likeness (QED) is 0.718. The van der Waals surface area contributed by atoms with Crippen molar-refractivity contribution in [2.45, 2.75) is 19.8 Å². The van der Waals surface area contributed by atoms with Gasteiger partial charge in [-0.3, -0.25) is 0 Å². The Hall–Kier alpha value is -2.75. The summed E-state index contributed by atoms with van der Waals surface area (Å²) in [6, 6.07) is 12.8. The van der Waals surface area contributed by atoms with E-state index in [0.29, 0.717) is 0 Å². The van der Waals surface area contributed by atoms with Gasteiger partial charge in [0.2, 0.25) is 0 Å². The van der Waals surface area contributed by atoms with E-state index < -0.39 is 0 Å². The minimum atomic E-state index is 0.284. The molecule has 0 saturated carbocycles. The molecule has 1 unspecified atom stereocenters. The van der Waals surface area contributed by atoms with Crippen molar-refractivity contribution < 1.29 is 0 Å². The summed E-state index contributed by atoms with van der Waals surface area (Å²) in [5.41, 5.74) is 5.04. The smallest absolute Gasteiger partial charge is 0.182 e. The van der Waals surface area contributed by atoms with Crippen molar-refractivity contribution >= 4 is 10.8 Å². The van der Waals surface area contributed by atoms with Gasteiger partial charge in [-0.2, -0.15) is 0 Å². The molecule has 1 aliphatic rings. The van der Waals surface area contributed by atoms with E-state index in [1.54, 1.807) is 4.68 Å². The average Bonchev–Trinajstić information content (AvgIpc) is 3.11. The molecule has 3 aromatic rings. The molecular weight excluding hydrogens is 284 g/mol. The lowest BCUT2D eigenvalue weighted by Crippen LogP contribution is -2.03. The molecular formula is C19H18N4. The van der Waals surface area contributed by atoms with E-state index in [1.165, 1.54) is 27.5 Å². The number of aromatic nitrogens is 4. The van der Waals surface area contributed by atoms with E-state index in [0.717, 1.165) is 11.4 Å². The standard InChI is InChI=1S/C19H18N4/c1-12-10-13(2)17(11-12)16-9-8-14-6-4-5-7-15(14)18(16)19-20-21-22-23(19)3/h4-11,17H,1-3H3. The van der Waals surface area contributed by atoms with Gasteiger partial charge in [0.1, 0.15) is 0 Å². The van der Waals surface area contributed by atoms with E-state index in [9.17, 15) is 0 Å². The van der Waals surface area contributed by atoms with Crippen molar-refractivity contribution in [2.24, 2.45) is 7.05 Å². The maximum Gasteiger partial charge on any atom is 0.182 e. The largest absolute Gasteiger partial charge is 0.229 e. The first-order valence-corrected chi connectivity index (χ1v) is 7.76. The summed E-state index contributed by atoms with van der Waals surface area (Å²) in [7, 11) is 1.89. The van der Waals surface area contributed by atoms with Gasteiger partial charge in [0.25, 0.3) is 0 Å². The number of rotatable bonds is 2. The molecule has 2 aromatic carbocycles. The number of benzene rings is 2. The first-order chi connectivity index (χ1) is 11.1. The number of tetrazole rings is 1. The lowest BCUT2D eigenvalue weighted by Gasteiger charge is -2.17. The third kappa shape index (κ3) is 2.18. The first-order valence-electron chi connectivity index (χ1n) is 7.76. The Morgan fingerprint density at radius 2 is 1.87 bits per heavy atom. The van der Waals surface area contributed by atoms with Gasteiger partial charge in [-0.15, -0.1) is 5.10 Å². The molecule has 114 valence electrons. The SMILES string of the molecule is CC1=CC(c2ccc3ccccc3c2-c2nnnn2C)C(C)=C1. The highest BCUT2D eigenvalue weighted by atomic mass is 15.5. The van der Waals surface area contributed by atoms with E-state index in [1.807, 2.05) is 7.05 Å². The fraction of sp³-hybridized carbons (Fsp3) is 0.211. The third-order valence-corrected chi connectivity index (χ3v) is 4.52. The lowest BCUT2D eigenvalue weighted by molar-refractivity contribution is 0.714. The van der Waals surface area contributed by atoms with E-state index >= 15 is 0 Å². The van der Waals surface area contributed by atoms with Crippen molar-refractivity contribution in [2.75, 3.05) is 0 Å². The summed E-state index contributed by atoms with van der Waals surface area (Å²) in [6.45, 7) is 4.33. The number of allylic oxidation sites excluding steroid dienone is 4. The molecule has 1 heterocycles. The molecule has 1 aromatic heterocycles. The molecule has 4 nitrogen and oxygen atoms in total. The number of hydrogen-bond acceptors (Lipinski definition) is 3. The predicted octanol–water partition coefficient (Wildman–Crippen LogP) is 4.02. The van der Waals surface area contributed by atoms with Crippen molar-refractivity contribution in [3.05, 3.63) is 65.3 Å². The summed E-state index contributed by atoms with van der Waals surface area (Å²) >= 11 is 0. The van der Waals surface area contributed by atoms with Gasteiger partial charge in [0, 0.05) is 18.5 Å². The van der Waals surface area contributed by atoms with Crippen LogP contribution in [0.25, 0.3) is 22.2 Å². The van der Waals surface area contributed by atoms with Crippen LogP contribution in [0.2, 0.25) is 0 Å². The number of fused-ring (bicyclic) bond motifs is 1. The summed E-state index contributed by atoms with van der Waals surface area (Å²) < 4.78 is 1.75. The monoisotopic (exact) mass is 302 g/mol. The van der Waals surface area contributed by atoms with E-state index in [-0.39, 0.29) is 5.92 Å². The second kappa shape index (κ2) is 5.16. The Kier molecular flexibility index (Phi) is 3.11. The van der Waals surface area contributed by atoms with Crippen molar-refractivity contribution in [1.29, 1.82) is 0 Å². The Morgan fingerprint density at radius 3 is 2.57 bits per heavy atom. The fourth-order valence-electron chi connectivity index (χ4n) is 3.46. The Morgan fingerprint density at radius 1 is 1.04 bits per heavy atom. The zero-order chi connectivity index (χ0) is 16.0. The molecule has 0 spiro atoms. The highest BCUT2D eigenvalue weighted by molar-refractivity contribution is 5.97.